The summed E-state index contributed by atoms with van der Waals surface area (Å²) in [6, 6.07) is 3.75. The van der Waals surface area contributed by atoms with Crippen molar-refractivity contribution in [1.29, 1.82) is 0 Å². The smallest absolute Gasteiger partial charge is 0.324 e. The summed E-state index contributed by atoms with van der Waals surface area (Å²) in [5.41, 5.74) is 0. The Labute approximate surface area is 141 Å². The standard InChI is InChI=1S/C14H15N5O4S/c1-17-8-6-11(16-17)18-7-2-3-9(14(18)21)15-13(20)10-4-5-12(24-10)19(22)23/h4-6,8-9H,2-3,7H2,1H3,(H,15,20)/t9-/m1/s1. The highest BCUT2D eigenvalue weighted by atomic mass is 32.1. The normalized spacial score (nSPS) is 17.8. The fourth-order valence-electron chi connectivity index (χ4n) is 2.56. The molecule has 10 heteroatoms. The first-order valence-electron chi connectivity index (χ1n) is 7.32. The van der Waals surface area contributed by atoms with Crippen molar-refractivity contribution in [2.75, 3.05) is 11.4 Å². The summed E-state index contributed by atoms with van der Waals surface area (Å²) < 4.78 is 1.61. The lowest BCUT2D eigenvalue weighted by Gasteiger charge is -2.31. The molecule has 24 heavy (non-hydrogen) atoms. The Morgan fingerprint density at radius 3 is 2.88 bits per heavy atom. The van der Waals surface area contributed by atoms with Gasteiger partial charge in [0.05, 0.1) is 9.80 Å². The molecule has 0 aromatic carbocycles. The minimum atomic E-state index is -0.658. The SMILES string of the molecule is Cn1ccc(N2CCC[C@@H](NC(=O)c3ccc([N+](=O)[O-])s3)C2=O)n1. The second kappa shape index (κ2) is 6.40. The second-order valence-electron chi connectivity index (χ2n) is 5.40. The molecule has 0 bridgehead atoms. The van der Waals surface area contributed by atoms with Gasteiger partial charge in [-0.15, -0.1) is 0 Å². The molecule has 0 unspecified atom stereocenters. The Kier molecular flexibility index (Phi) is 4.30. The molecule has 0 aliphatic carbocycles. The predicted octanol–water partition coefficient (Wildman–Crippen LogP) is 1.32. The number of aryl methyl sites for hydroxylation is 1. The van der Waals surface area contributed by atoms with Gasteiger partial charge in [0.1, 0.15) is 6.04 Å². The molecule has 9 nitrogen and oxygen atoms in total. The van der Waals surface area contributed by atoms with Crippen molar-refractivity contribution < 1.29 is 14.5 Å². The number of nitrogens with one attached hydrogen (secondary N) is 1. The molecule has 1 N–H and O–H groups in total. The molecule has 3 heterocycles. The van der Waals surface area contributed by atoms with Crippen LogP contribution in [0.4, 0.5) is 10.8 Å². The van der Waals surface area contributed by atoms with Gasteiger partial charge in [0.25, 0.3) is 11.8 Å². The van der Waals surface area contributed by atoms with Crippen LogP contribution >= 0.6 is 11.3 Å². The van der Waals surface area contributed by atoms with Gasteiger partial charge >= 0.3 is 5.00 Å². The molecular formula is C14H15N5O4S. The van der Waals surface area contributed by atoms with Crippen LogP contribution in [0.15, 0.2) is 24.4 Å². The number of hydrogen-bond donors (Lipinski definition) is 1. The quantitative estimate of drug-likeness (QED) is 0.661. The van der Waals surface area contributed by atoms with E-state index in [1.54, 1.807) is 28.9 Å². The summed E-state index contributed by atoms with van der Waals surface area (Å²) in [5.74, 6) is -0.151. The highest BCUT2D eigenvalue weighted by molar-refractivity contribution is 7.17. The average Bonchev–Trinajstić information content (AvgIpc) is 3.18. The number of nitrogens with zero attached hydrogens (tertiary/aromatic N) is 4. The van der Waals surface area contributed by atoms with Gasteiger partial charge < -0.3 is 5.32 Å². The minimum absolute atomic E-state index is 0.106. The van der Waals surface area contributed by atoms with E-state index >= 15 is 0 Å². The number of carbonyl (C=O) groups excluding carboxylic acids is 2. The maximum absolute atomic E-state index is 12.6. The summed E-state index contributed by atoms with van der Waals surface area (Å²) in [6.45, 7) is 0.548. The van der Waals surface area contributed by atoms with Gasteiger partial charge in [-0.3, -0.25) is 29.3 Å². The van der Waals surface area contributed by atoms with Crippen LogP contribution in [0.25, 0.3) is 0 Å². The predicted molar refractivity (Wildman–Crippen MR) is 87.0 cm³/mol. The minimum Gasteiger partial charge on any atom is -0.340 e. The van der Waals surface area contributed by atoms with Crippen LogP contribution < -0.4 is 10.2 Å². The van der Waals surface area contributed by atoms with Crippen LogP contribution in [-0.4, -0.2) is 39.1 Å². The summed E-state index contributed by atoms with van der Waals surface area (Å²) in [6.07, 6.45) is 3.01. The van der Waals surface area contributed by atoms with Crippen LogP contribution in [-0.2, 0) is 11.8 Å². The molecule has 126 valence electrons. The van der Waals surface area contributed by atoms with Crippen LogP contribution in [0.2, 0.25) is 0 Å². The van der Waals surface area contributed by atoms with Crippen molar-refractivity contribution in [1.82, 2.24) is 15.1 Å². The van der Waals surface area contributed by atoms with Crippen molar-refractivity contribution in [3.63, 3.8) is 0 Å². The maximum Gasteiger partial charge on any atom is 0.324 e. The zero-order chi connectivity index (χ0) is 17.3. The lowest BCUT2D eigenvalue weighted by molar-refractivity contribution is -0.380. The van der Waals surface area contributed by atoms with Crippen LogP contribution in [0.3, 0.4) is 0 Å². The monoisotopic (exact) mass is 349 g/mol. The van der Waals surface area contributed by atoms with Gasteiger partial charge in [-0.2, -0.15) is 5.10 Å². The lowest BCUT2D eigenvalue weighted by atomic mass is 10.0. The highest BCUT2D eigenvalue weighted by Crippen LogP contribution is 2.24. The van der Waals surface area contributed by atoms with Gasteiger partial charge in [0.15, 0.2) is 5.82 Å². The first-order valence-corrected chi connectivity index (χ1v) is 8.13. The summed E-state index contributed by atoms with van der Waals surface area (Å²) in [5, 5.41) is 17.5. The molecule has 1 aliphatic heterocycles. The Bertz CT molecular complexity index is 799. The third-order valence-electron chi connectivity index (χ3n) is 3.72. The van der Waals surface area contributed by atoms with E-state index in [9.17, 15) is 19.7 Å². The Balaban J connectivity index is 1.70. The molecule has 2 aromatic heterocycles. The van der Waals surface area contributed by atoms with Crippen molar-refractivity contribution in [2.24, 2.45) is 7.05 Å². The molecule has 1 aliphatic rings. The molecule has 1 atom stereocenters. The van der Waals surface area contributed by atoms with E-state index in [-0.39, 0.29) is 15.8 Å². The van der Waals surface area contributed by atoms with Gasteiger partial charge in [-0.1, -0.05) is 11.3 Å². The van der Waals surface area contributed by atoms with Crippen LogP contribution in [0, 0.1) is 10.1 Å². The van der Waals surface area contributed by atoms with Crippen molar-refractivity contribution in [3.05, 3.63) is 39.4 Å². The zero-order valence-electron chi connectivity index (χ0n) is 12.8. The van der Waals surface area contributed by atoms with Gasteiger partial charge in [-0.25, -0.2) is 0 Å². The van der Waals surface area contributed by atoms with Crippen molar-refractivity contribution >= 4 is 34.0 Å². The number of amides is 2. The Morgan fingerprint density at radius 2 is 2.25 bits per heavy atom. The molecule has 0 spiro atoms. The van der Waals surface area contributed by atoms with Crippen molar-refractivity contribution in [3.8, 4) is 0 Å². The van der Waals surface area contributed by atoms with E-state index in [0.29, 0.717) is 18.8 Å². The summed E-state index contributed by atoms with van der Waals surface area (Å²) in [4.78, 5) is 36.7. The van der Waals surface area contributed by atoms with E-state index in [1.807, 2.05) is 0 Å². The molecular weight excluding hydrogens is 334 g/mol. The van der Waals surface area contributed by atoms with E-state index in [4.69, 9.17) is 0 Å². The largest absolute Gasteiger partial charge is 0.340 e. The second-order valence-corrected chi connectivity index (χ2v) is 6.46. The number of nitro groups is 1. The van der Waals surface area contributed by atoms with E-state index in [1.165, 1.54) is 12.1 Å². The molecule has 0 saturated carbocycles. The molecule has 3 rings (SSSR count). The van der Waals surface area contributed by atoms with Crippen molar-refractivity contribution in [2.45, 2.75) is 18.9 Å². The summed E-state index contributed by atoms with van der Waals surface area (Å²) >= 11 is 0.788. The van der Waals surface area contributed by atoms with Crippen LogP contribution in [0.1, 0.15) is 22.5 Å². The van der Waals surface area contributed by atoms with Gasteiger partial charge in [0, 0.05) is 31.9 Å². The average molecular weight is 349 g/mol. The zero-order valence-corrected chi connectivity index (χ0v) is 13.7. The Hall–Kier alpha value is -2.75. The first kappa shape index (κ1) is 16.1. The van der Waals surface area contributed by atoms with E-state index in [0.717, 1.165) is 17.8 Å². The third kappa shape index (κ3) is 3.13. The van der Waals surface area contributed by atoms with E-state index < -0.39 is 16.9 Å². The number of aromatic nitrogens is 2. The first-order chi connectivity index (χ1) is 11.5. The van der Waals surface area contributed by atoms with Gasteiger partial charge in [0.2, 0.25) is 0 Å². The molecule has 1 saturated heterocycles. The lowest BCUT2D eigenvalue weighted by Crippen LogP contribution is -2.52. The fraction of sp³-hybridized carbons (Fsp3) is 0.357. The molecule has 2 amide bonds. The number of anilines is 1. The number of carbonyl (C=O) groups is 2. The Morgan fingerprint density at radius 1 is 1.46 bits per heavy atom. The molecule has 1 fully saturated rings. The van der Waals surface area contributed by atoms with E-state index in [2.05, 4.69) is 10.4 Å². The summed E-state index contributed by atoms with van der Waals surface area (Å²) in [7, 11) is 1.76. The third-order valence-corrected chi connectivity index (χ3v) is 4.75. The fourth-order valence-corrected chi connectivity index (χ4v) is 3.28. The highest BCUT2D eigenvalue weighted by Gasteiger charge is 2.32. The number of rotatable bonds is 4. The molecule has 2 aromatic rings. The number of hydrogen-bond acceptors (Lipinski definition) is 6. The number of piperidine rings is 1. The maximum atomic E-state index is 12.6. The molecule has 0 radical (unpaired) electrons. The number of thiophene rings is 1. The van der Waals surface area contributed by atoms with Gasteiger partial charge in [-0.05, 0) is 18.9 Å². The van der Waals surface area contributed by atoms with Crippen LogP contribution in [0.5, 0.6) is 0 Å². The topological polar surface area (TPSA) is 110 Å².